The van der Waals surface area contributed by atoms with Crippen LogP contribution in [0.15, 0.2) is 6.20 Å². The van der Waals surface area contributed by atoms with Gasteiger partial charge in [0, 0.05) is 19.1 Å². The Hall–Kier alpha value is -1.51. The summed E-state index contributed by atoms with van der Waals surface area (Å²) in [7, 11) is 0. The molecule has 0 radical (unpaired) electrons. The van der Waals surface area contributed by atoms with E-state index >= 15 is 0 Å². The van der Waals surface area contributed by atoms with Gasteiger partial charge >= 0.3 is 0 Å². The first kappa shape index (κ1) is 12.9. The zero-order valence-corrected chi connectivity index (χ0v) is 10.2. The number of hydrogen-bond donors (Lipinski definition) is 3. The summed E-state index contributed by atoms with van der Waals surface area (Å²) in [5.74, 6) is 4.59. The Morgan fingerprint density at radius 3 is 3.11 bits per heavy atom. The normalized spacial score (nSPS) is 20.9. The zero-order chi connectivity index (χ0) is 13.0. The molecule has 1 aliphatic rings. The molecule has 0 aliphatic carbocycles. The molecule has 100 valence electrons. The Bertz CT molecular complexity index is 405. The predicted octanol–water partition coefficient (Wildman–Crippen LogP) is -1.70. The quantitative estimate of drug-likeness (QED) is 0.335. The number of nitrogens with two attached hydrogens (primary N) is 2. The van der Waals surface area contributed by atoms with Crippen LogP contribution in [0.4, 0.5) is 0 Å². The predicted molar refractivity (Wildman–Crippen MR) is 65.3 cm³/mol. The van der Waals surface area contributed by atoms with Crippen LogP contribution in [0.3, 0.4) is 0 Å². The van der Waals surface area contributed by atoms with Crippen LogP contribution >= 0.6 is 0 Å². The molecule has 1 aliphatic heterocycles. The SMILES string of the molecule is NNC(=O)c1cn(CCN2CCCC(N)C2)nn1. The monoisotopic (exact) mass is 253 g/mol. The highest BCUT2D eigenvalue weighted by Crippen LogP contribution is 2.07. The number of likely N-dealkylation sites (tertiary alicyclic amines) is 1. The zero-order valence-electron chi connectivity index (χ0n) is 10.2. The van der Waals surface area contributed by atoms with E-state index in [1.54, 1.807) is 10.9 Å². The first-order valence-electron chi connectivity index (χ1n) is 6.08. The average molecular weight is 253 g/mol. The summed E-state index contributed by atoms with van der Waals surface area (Å²) < 4.78 is 1.64. The van der Waals surface area contributed by atoms with E-state index in [1.807, 2.05) is 5.43 Å². The molecule has 2 heterocycles. The highest BCUT2D eigenvalue weighted by Gasteiger charge is 2.16. The molecule has 1 aromatic heterocycles. The van der Waals surface area contributed by atoms with Crippen molar-refractivity contribution in [3.63, 3.8) is 0 Å². The standard InChI is InChI=1S/C10H19N7O/c11-8-2-1-3-16(6-8)4-5-17-7-9(14-15-17)10(18)13-12/h7-8H,1-6,11-12H2,(H,13,18). The van der Waals surface area contributed by atoms with Crippen LogP contribution in [0.2, 0.25) is 0 Å². The van der Waals surface area contributed by atoms with Crippen molar-refractivity contribution in [2.75, 3.05) is 19.6 Å². The highest BCUT2D eigenvalue weighted by atomic mass is 16.2. The van der Waals surface area contributed by atoms with Gasteiger partial charge < -0.3 is 5.73 Å². The van der Waals surface area contributed by atoms with Crippen molar-refractivity contribution in [2.45, 2.75) is 25.4 Å². The summed E-state index contributed by atoms with van der Waals surface area (Å²) in [4.78, 5) is 13.5. The van der Waals surface area contributed by atoms with Crippen molar-refractivity contribution < 1.29 is 4.79 Å². The molecule has 5 N–H and O–H groups in total. The van der Waals surface area contributed by atoms with Crippen LogP contribution in [0, 0.1) is 0 Å². The fraction of sp³-hybridized carbons (Fsp3) is 0.700. The first-order chi connectivity index (χ1) is 8.69. The van der Waals surface area contributed by atoms with Crippen molar-refractivity contribution in [1.82, 2.24) is 25.3 Å². The number of aromatic nitrogens is 3. The lowest BCUT2D eigenvalue weighted by atomic mass is 10.1. The van der Waals surface area contributed by atoms with Crippen LogP contribution in [-0.2, 0) is 6.54 Å². The number of nitrogen functional groups attached to an aromatic ring is 1. The van der Waals surface area contributed by atoms with Gasteiger partial charge in [0.2, 0.25) is 0 Å². The van der Waals surface area contributed by atoms with E-state index in [9.17, 15) is 4.79 Å². The third-order valence-electron chi connectivity index (χ3n) is 3.09. The number of nitrogens with zero attached hydrogens (tertiary/aromatic N) is 4. The average Bonchev–Trinajstić information content (AvgIpc) is 2.84. The minimum atomic E-state index is -0.429. The van der Waals surface area contributed by atoms with Gasteiger partial charge in [-0.2, -0.15) is 0 Å². The molecule has 1 amide bonds. The molecule has 0 saturated carbocycles. The Balaban J connectivity index is 1.82. The van der Waals surface area contributed by atoms with E-state index in [2.05, 4.69) is 15.2 Å². The molecule has 1 fully saturated rings. The van der Waals surface area contributed by atoms with Gasteiger partial charge in [0.1, 0.15) is 0 Å². The van der Waals surface area contributed by atoms with E-state index in [1.165, 1.54) is 0 Å². The van der Waals surface area contributed by atoms with E-state index in [-0.39, 0.29) is 11.7 Å². The van der Waals surface area contributed by atoms with Gasteiger partial charge in [-0.1, -0.05) is 5.21 Å². The van der Waals surface area contributed by atoms with Gasteiger partial charge in [-0.25, -0.2) is 5.84 Å². The van der Waals surface area contributed by atoms with Crippen molar-refractivity contribution in [2.24, 2.45) is 11.6 Å². The molecule has 8 heteroatoms. The largest absolute Gasteiger partial charge is 0.327 e. The number of carbonyl (C=O) groups excluding carboxylic acids is 1. The fourth-order valence-electron chi connectivity index (χ4n) is 2.12. The fourth-order valence-corrected chi connectivity index (χ4v) is 2.12. The maximum atomic E-state index is 11.2. The molecule has 2 rings (SSSR count). The van der Waals surface area contributed by atoms with Crippen LogP contribution in [0.1, 0.15) is 23.3 Å². The van der Waals surface area contributed by atoms with E-state index in [4.69, 9.17) is 11.6 Å². The van der Waals surface area contributed by atoms with Crippen LogP contribution < -0.4 is 17.0 Å². The number of rotatable bonds is 4. The lowest BCUT2D eigenvalue weighted by Gasteiger charge is -2.30. The van der Waals surface area contributed by atoms with E-state index in [0.29, 0.717) is 6.54 Å². The molecule has 8 nitrogen and oxygen atoms in total. The Morgan fingerprint density at radius 1 is 1.56 bits per heavy atom. The Labute approximate surface area is 105 Å². The van der Waals surface area contributed by atoms with Crippen molar-refractivity contribution in [1.29, 1.82) is 0 Å². The molecular weight excluding hydrogens is 234 g/mol. The topological polar surface area (TPSA) is 115 Å². The number of piperidine rings is 1. The van der Waals surface area contributed by atoms with Crippen LogP contribution in [0.25, 0.3) is 0 Å². The summed E-state index contributed by atoms with van der Waals surface area (Å²) in [5, 5.41) is 7.62. The molecule has 1 unspecified atom stereocenters. The molecule has 0 aromatic carbocycles. The number of hydrazine groups is 1. The minimum Gasteiger partial charge on any atom is -0.327 e. The molecule has 0 spiro atoms. The molecule has 1 saturated heterocycles. The second-order valence-corrected chi connectivity index (χ2v) is 4.54. The second kappa shape index (κ2) is 5.89. The number of carbonyl (C=O) groups is 1. The minimum absolute atomic E-state index is 0.229. The first-order valence-corrected chi connectivity index (χ1v) is 6.08. The summed E-state index contributed by atoms with van der Waals surface area (Å²) in [6.45, 7) is 3.54. The molecule has 0 bridgehead atoms. The Kier molecular flexibility index (Phi) is 4.24. The third kappa shape index (κ3) is 3.25. The van der Waals surface area contributed by atoms with Gasteiger partial charge in [-0.05, 0) is 19.4 Å². The van der Waals surface area contributed by atoms with E-state index < -0.39 is 5.91 Å². The maximum absolute atomic E-state index is 11.2. The van der Waals surface area contributed by atoms with Crippen molar-refractivity contribution >= 4 is 5.91 Å². The van der Waals surface area contributed by atoms with Gasteiger partial charge in [-0.15, -0.1) is 5.10 Å². The highest BCUT2D eigenvalue weighted by molar-refractivity contribution is 5.91. The smallest absolute Gasteiger partial charge is 0.287 e. The number of amides is 1. The van der Waals surface area contributed by atoms with Gasteiger partial charge in [0.05, 0.1) is 12.7 Å². The van der Waals surface area contributed by atoms with Gasteiger partial charge in [0.25, 0.3) is 5.91 Å². The molecule has 1 atom stereocenters. The van der Waals surface area contributed by atoms with Crippen molar-refractivity contribution in [3.05, 3.63) is 11.9 Å². The summed E-state index contributed by atoms with van der Waals surface area (Å²) in [6.07, 6.45) is 3.83. The molecule has 1 aromatic rings. The number of nitrogens with one attached hydrogen (secondary N) is 1. The van der Waals surface area contributed by atoms with Crippen molar-refractivity contribution in [3.8, 4) is 0 Å². The molecule has 18 heavy (non-hydrogen) atoms. The van der Waals surface area contributed by atoms with Gasteiger partial charge in [0.15, 0.2) is 5.69 Å². The number of hydrogen-bond acceptors (Lipinski definition) is 6. The maximum Gasteiger partial charge on any atom is 0.287 e. The van der Waals surface area contributed by atoms with Crippen LogP contribution in [-0.4, -0.2) is 51.5 Å². The van der Waals surface area contributed by atoms with Gasteiger partial charge in [-0.3, -0.25) is 19.8 Å². The second-order valence-electron chi connectivity index (χ2n) is 4.54. The van der Waals surface area contributed by atoms with E-state index in [0.717, 1.165) is 32.5 Å². The molecular formula is C10H19N7O. The summed E-state index contributed by atoms with van der Waals surface area (Å²) in [5.41, 5.74) is 8.17. The lowest BCUT2D eigenvalue weighted by Crippen LogP contribution is -2.43. The van der Waals surface area contributed by atoms with Crippen LogP contribution in [0.5, 0.6) is 0 Å². The third-order valence-corrected chi connectivity index (χ3v) is 3.09. The lowest BCUT2D eigenvalue weighted by molar-refractivity contribution is 0.0948. The summed E-state index contributed by atoms with van der Waals surface area (Å²) in [6, 6.07) is 0.271. The summed E-state index contributed by atoms with van der Waals surface area (Å²) >= 11 is 0. The Morgan fingerprint density at radius 2 is 2.39 bits per heavy atom.